The third kappa shape index (κ3) is 3.58. The average molecular weight is 234 g/mol. The van der Waals surface area contributed by atoms with Crippen molar-refractivity contribution in [1.29, 1.82) is 0 Å². The lowest BCUT2D eigenvalue weighted by atomic mass is 9.86. The van der Waals surface area contributed by atoms with Crippen LogP contribution in [0.2, 0.25) is 0 Å². The summed E-state index contributed by atoms with van der Waals surface area (Å²) in [4.78, 5) is 11.6. The van der Waals surface area contributed by atoms with Crippen molar-refractivity contribution < 1.29 is 9.53 Å². The van der Waals surface area contributed by atoms with Crippen LogP contribution in [0.25, 0.3) is 0 Å². The summed E-state index contributed by atoms with van der Waals surface area (Å²) in [6, 6.07) is 7.92. The molecule has 2 heteroatoms. The zero-order valence-electron chi connectivity index (χ0n) is 11.4. The maximum Gasteiger partial charge on any atom is 0.172 e. The Hall–Kier alpha value is -1.31. The molecule has 0 aliphatic carbocycles. The Morgan fingerprint density at radius 1 is 1.29 bits per heavy atom. The fourth-order valence-corrected chi connectivity index (χ4v) is 1.73. The number of carbonyl (C=O) groups excluding carboxylic acids is 1. The normalized spacial score (nSPS) is 13.2. The quantitative estimate of drug-likeness (QED) is 0.793. The second-order valence-corrected chi connectivity index (χ2v) is 5.33. The number of ether oxygens (including phenoxy) is 1. The highest BCUT2D eigenvalue weighted by Gasteiger charge is 2.21. The molecule has 0 aliphatic rings. The molecule has 0 aromatic heterocycles. The Morgan fingerprint density at radius 3 is 2.41 bits per heavy atom. The Labute approximate surface area is 104 Å². The van der Waals surface area contributed by atoms with Crippen LogP contribution < -0.4 is 4.74 Å². The predicted octanol–water partition coefficient (Wildman–Crippen LogP) is 3.73. The van der Waals surface area contributed by atoms with Crippen molar-refractivity contribution in [3.05, 3.63) is 29.8 Å². The molecule has 2 nitrogen and oxygen atoms in total. The largest absolute Gasteiger partial charge is 0.483 e. The molecule has 0 N–H and O–H groups in total. The highest BCUT2D eigenvalue weighted by molar-refractivity contribution is 5.82. The molecular weight excluding hydrogens is 212 g/mol. The number of ketones is 1. The first kappa shape index (κ1) is 13.8. The number of carbonyl (C=O) groups is 1. The smallest absolute Gasteiger partial charge is 0.172 e. The SMILES string of the molecule is CCC(=O)C(C)Oc1ccccc1C(C)(C)C. The van der Waals surface area contributed by atoms with E-state index in [1.807, 2.05) is 32.0 Å². The second kappa shape index (κ2) is 5.35. The van der Waals surface area contributed by atoms with E-state index in [1.165, 1.54) is 0 Å². The molecule has 17 heavy (non-hydrogen) atoms. The van der Waals surface area contributed by atoms with Crippen LogP contribution in [0.4, 0.5) is 0 Å². The fraction of sp³-hybridized carbons (Fsp3) is 0.533. The van der Waals surface area contributed by atoms with Gasteiger partial charge < -0.3 is 4.74 Å². The molecule has 1 aromatic rings. The molecule has 0 bridgehead atoms. The van der Waals surface area contributed by atoms with Crippen molar-refractivity contribution in [2.45, 2.75) is 52.6 Å². The number of hydrogen-bond donors (Lipinski definition) is 0. The van der Waals surface area contributed by atoms with Gasteiger partial charge in [-0.05, 0) is 24.0 Å². The van der Waals surface area contributed by atoms with Gasteiger partial charge in [0.1, 0.15) is 5.75 Å². The van der Waals surface area contributed by atoms with E-state index < -0.39 is 0 Å². The van der Waals surface area contributed by atoms with Crippen LogP contribution in [0.1, 0.15) is 46.6 Å². The van der Waals surface area contributed by atoms with E-state index in [0.29, 0.717) is 6.42 Å². The lowest BCUT2D eigenvalue weighted by Gasteiger charge is -2.24. The van der Waals surface area contributed by atoms with Gasteiger partial charge in [0.2, 0.25) is 0 Å². The predicted molar refractivity (Wildman–Crippen MR) is 70.5 cm³/mol. The van der Waals surface area contributed by atoms with Crippen LogP contribution >= 0.6 is 0 Å². The maximum absolute atomic E-state index is 11.6. The summed E-state index contributed by atoms with van der Waals surface area (Å²) in [5.41, 5.74) is 1.15. The van der Waals surface area contributed by atoms with Gasteiger partial charge in [-0.25, -0.2) is 0 Å². The number of benzene rings is 1. The summed E-state index contributed by atoms with van der Waals surface area (Å²) in [6.07, 6.45) is 0.141. The second-order valence-electron chi connectivity index (χ2n) is 5.33. The molecule has 0 radical (unpaired) electrons. The number of Topliss-reactive ketones (excluding diaryl/α,β-unsaturated/α-hetero) is 1. The summed E-state index contributed by atoms with van der Waals surface area (Å²) >= 11 is 0. The van der Waals surface area contributed by atoms with E-state index in [1.54, 1.807) is 0 Å². The molecule has 0 saturated carbocycles. The Balaban J connectivity index is 2.95. The molecule has 1 rings (SSSR count). The molecule has 0 spiro atoms. The van der Waals surface area contributed by atoms with Gasteiger partial charge in [0.05, 0.1) is 0 Å². The Morgan fingerprint density at radius 2 is 1.88 bits per heavy atom. The molecule has 0 amide bonds. The van der Waals surface area contributed by atoms with Gasteiger partial charge in [-0.3, -0.25) is 4.79 Å². The van der Waals surface area contributed by atoms with E-state index in [4.69, 9.17) is 4.74 Å². The summed E-state index contributed by atoms with van der Waals surface area (Å²) in [6.45, 7) is 10.1. The highest BCUT2D eigenvalue weighted by atomic mass is 16.5. The summed E-state index contributed by atoms with van der Waals surface area (Å²) in [5, 5.41) is 0. The Bertz CT molecular complexity index is 388. The first-order valence-electron chi connectivity index (χ1n) is 6.15. The first-order chi connectivity index (χ1) is 7.86. The van der Waals surface area contributed by atoms with Crippen molar-refractivity contribution in [2.24, 2.45) is 0 Å². The fourth-order valence-electron chi connectivity index (χ4n) is 1.73. The molecule has 0 fully saturated rings. The van der Waals surface area contributed by atoms with E-state index in [-0.39, 0.29) is 17.3 Å². The summed E-state index contributed by atoms with van der Waals surface area (Å²) < 4.78 is 5.78. The zero-order chi connectivity index (χ0) is 13.1. The lowest BCUT2D eigenvalue weighted by Crippen LogP contribution is -2.24. The van der Waals surface area contributed by atoms with Crippen molar-refractivity contribution in [3.8, 4) is 5.75 Å². The molecule has 0 heterocycles. The highest BCUT2D eigenvalue weighted by Crippen LogP contribution is 2.31. The van der Waals surface area contributed by atoms with Gasteiger partial charge in [0, 0.05) is 6.42 Å². The van der Waals surface area contributed by atoms with Crippen LogP contribution in [0, 0.1) is 0 Å². The van der Waals surface area contributed by atoms with E-state index in [9.17, 15) is 4.79 Å². The summed E-state index contributed by atoms with van der Waals surface area (Å²) in [5.74, 6) is 0.947. The summed E-state index contributed by atoms with van der Waals surface area (Å²) in [7, 11) is 0. The van der Waals surface area contributed by atoms with Gasteiger partial charge >= 0.3 is 0 Å². The van der Waals surface area contributed by atoms with Crippen LogP contribution in [-0.4, -0.2) is 11.9 Å². The molecule has 1 unspecified atom stereocenters. The van der Waals surface area contributed by atoms with E-state index in [0.717, 1.165) is 11.3 Å². The van der Waals surface area contributed by atoms with Crippen molar-refractivity contribution in [2.75, 3.05) is 0 Å². The van der Waals surface area contributed by atoms with Crippen molar-refractivity contribution in [1.82, 2.24) is 0 Å². The number of para-hydroxylation sites is 1. The number of rotatable bonds is 4. The molecule has 1 aromatic carbocycles. The molecule has 0 aliphatic heterocycles. The third-order valence-electron chi connectivity index (χ3n) is 2.80. The first-order valence-corrected chi connectivity index (χ1v) is 6.15. The molecule has 1 atom stereocenters. The molecule has 94 valence electrons. The lowest BCUT2D eigenvalue weighted by molar-refractivity contribution is -0.124. The third-order valence-corrected chi connectivity index (χ3v) is 2.80. The zero-order valence-corrected chi connectivity index (χ0v) is 11.4. The van der Waals surface area contributed by atoms with Crippen LogP contribution in [0.3, 0.4) is 0 Å². The van der Waals surface area contributed by atoms with Gasteiger partial charge in [-0.15, -0.1) is 0 Å². The minimum absolute atomic E-state index is 0.0194. The van der Waals surface area contributed by atoms with Crippen LogP contribution in [-0.2, 0) is 10.2 Å². The van der Waals surface area contributed by atoms with Gasteiger partial charge in [-0.2, -0.15) is 0 Å². The number of hydrogen-bond acceptors (Lipinski definition) is 2. The standard InChI is InChI=1S/C15H22O2/c1-6-13(16)11(2)17-14-10-8-7-9-12(14)15(3,4)5/h7-11H,6H2,1-5H3. The molecule has 0 saturated heterocycles. The van der Waals surface area contributed by atoms with Gasteiger partial charge in [0.15, 0.2) is 11.9 Å². The monoisotopic (exact) mass is 234 g/mol. The van der Waals surface area contributed by atoms with E-state index in [2.05, 4.69) is 26.8 Å². The molecular formula is C15H22O2. The van der Waals surface area contributed by atoms with Gasteiger partial charge in [0.25, 0.3) is 0 Å². The van der Waals surface area contributed by atoms with E-state index >= 15 is 0 Å². The van der Waals surface area contributed by atoms with Crippen LogP contribution in [0.5, 0.6) is 5.75 Å². The van der Waals surface area contributed by atoms with Gasteiger partial charge in [-0.1, -0.05) is 45.9 Å². The average Bonchev–Trinajstić information content (AvgIpc) is 2.27. The Kier molecular flexibility index (Phi) is 4.33. The van der Waals surface area contributed by atoms with Crippen molar-refractivity contribution >= 4 is 5.78 Å². The topological polar surface area (TPSA) is 26.3 Å². The van der Waals surface area contributed by atoms with Crippen LogP contribution in [0.15, 0.2) is 24.3 Å². The minimum Gasteiger partial charge on any atom is -0.483 e. The van der Waals surface area contributed by atoms with Crippen molar-refractivity contribution in [3.63, 3.8) is 0 Å². The maximum atomic E-state index is 11.6. The minimum atomic E-state index is -0.372.